The lowest BCUT2D eigenvalue weighted by molar-refractivity contribution is -0.190. The number of ether oxygens (including phenoxy) is 2. The summed E-state index contributed by atoms with van der Waals surface area (Å²) in [6.45, 7) is 1.60. The van der Waals surface area contributed by atoms with Gasteiger partial charge in [-0.3, -0.25) is 4.79 Å². The van der Waals surface area contributed by atoms with Crippen molar-refractivity contribution >= 4 is 5.97 Å². The molecule has 0 saturated carbocycles. The van der Waals surface area contributed by atoms with Crippen LogP contribution in [0.4, 0.5) is 0 Å². The second kappa shape index (κ2) is 6.90. The standard InChI is InChI=1S/C11H20O6/c1-2-3-4-5-8(13)17-11-10(15)9(14)7(6-12)16-11/h7,9-12,14-15H,2-6H2,1H3/t7-,9-,10-,11?/m1/s1. The Labute approximate surface area is 100 Å². The fraction of sp³-hybridized carbons (Fsp3) is 0.909. The van der Waals surface area contributed by atoms with E-state index in [-0.39, 0.29) is 6.42 Å². The predicted octanol–water partition coefficient (Wildman–Crippen LogP) is -0.451. The van der Waals surface area contributed by atoms with Crippen LogP contribution in [0, 0.1) is 0 Å². The summed E-state index contributed by atoms with van der Waals surface area (Å²) in [6.07, 6.45) is -1.69. The van der Waals surface area contributed by atoms with Crippen LogP contribution >= 0.6 is 0 Å². The molecule has 0 aromatic carbocycles. The van der Waals surface area contributed by atoms with E-state index in [1.165, 1.54) is 0 Å². The highest BCUT2D eigenvalue weighted by Gasteiger charge is 2.44. The van der Waals surface area contributed by atoms with Gasteiger partial charge in [-0.1, -0.05) is 19.8 Å². The number of esters is 1. The van der Waals surface area contributed by atoms with Crippen LogP contribution in [-0.2, 0) is 14.3 Å². The van der Waals surface area contributed by atoms with Crippen molar-refractivity contribution in [1.29, 1.82) is 0 Å². The van der Waals surface area contributed by atoms with Gasteiger partial charge >= 0.3 is 5.97 Å². The van der Waals surface area contributed by atoms with Crippen LogP contribution in [0.2, 0.25) is 0 Å². The number of hydrogen-bond acceptors (Lipinski definition) is 6. The van der Waals surface area contributed by atoms with E-state index in [4.69, 9.17) is 14.6 Å². The van der Waals surface area contributed by atoms with E-state index in [1.807, 2.05) is 6.92 Å². The monoisotopic (exact) mass is 248 g/mol. The number of unbranched alkanes of at least 4 members (excludes halogenated alkanes) is 2. The lowest BCUT2D eigenvalue weighted by Gasteiger charge is -2.15. The Morgan fingerprint density at radius 3 is 2.53 bits per heavy atom. The molecule has 1 saturated heterocycles. The second-order valence-electron chi connectivity index (χ2n) is 4.15. The Hall–Kier alpha value is -0.690. The predicted molar refractivity (Wildman–Crippen MR) is 58.0 cm³/mol. The average Bonchev–Trinajstić information content (AvgIpc) is 2.57. The summed E-state index contributed by atoms with van der Waals surface area (Å²) in [5.74, 6) is -0.465. The molecule has 4 atom stereocenters. The maximum Gasteiger partial charge on any atom is 0.308 e. The minimum absolute atomic E-state index is 0.264. The van der Waals surface area contributed by atoms with E-state index in [2.05, 4.69) is 0 Å². The van der Waals surface area contributed by atoms with Crippen molar-refractivity contribution < 1.29 is 29.6 Å². The molecule has 0 amide bonds. The van der Waals surface area contributed by atoms with Gasteiger partial charge in [0, 0.05) is 6.42 Å². The van der Waals surface area contributed by atoms with Gasteiger partial charge in [-0.15, -0.1) is 0 Å². The molecule has 0 aromatic heterocycles. The fourth-order valence-corrected chi connectivity index (χ4v) is 1.67. The Bertz CT molecular complexity index is 244. The molecule has 0 aliphatic carbocycles. The van der Waals surface area contributed by atoms with Crippen molar-refractivity contribution in [3.63, 3.8) is 0 Å². The third-order valence-corrected chi connectivity index (χ3v) is 2.73. The zero-order valence-electron chi connectivity index (χ0n) is 9.91. The van der Waals surface area contributed by atoms with Crippen LogP contribution < -0.4 is 0 Å². The van der Waals surface area contributed by atoms with Gasteiger partial charge in [-0.05, 0) is 6.42 Å². The topological polar surface area (TPSA) is 96.2 Å². The van der Waals surface area contributed by atoms with E-state index in [0.717, 1.165) is 19.3 Å². The third kappa shape index (κ3) is 3.92. The summed E-state index contributed by atoms with van der Waals surface area (Å²) in [5, 5.41) is 27.8. The summed E-state index contributed by atoms with van der Waals surface area (Å²) in [5.41, 5.74) is 0. The summed E-state index contributed by atoms with van der Waals surface area (Å²) in [4.78, 5) is 11.4. The van der Waals surface area contributed by atoms with Crippen molar-refractivity contribution in [3.05, 3.63) is 0 Å². The first-order valence-electron chi connectivity index (χ1n) is 5.92. The van der Waals surface area contributed by atoms with Gasteiger partial charge in [0.25, 0.3) is 0 Å². The first-order chi connectivity index (χ1) is 8.10. The molecule has 6 heteroatoms. The zero-order chi connectivity index (χ0) is 12.8. The van der Waals surface area contributed by atoms with Crippen molar-refractivity contribution in [3.8, 4) is 0 Å². The highest BCUT2D eigenvalue weighted by atomic mass is 16.7. The van der Waals surface area contributed by atoms with Crippen LogP contribution in [0.5, 0.6) is 0 Å². The molecule has 1 heterocycles. The zero-order valence-corrected chi connectivity index (χ0v) is 9.91. The van der Waals surface area contributed by atoms with Crippen LogP contribution in [0.3, 0.4) is 0 Å². The molecule has 0 aromatic rings. The molecule has 0 spiro atoms. The van der Waals surface area contributed by atoms with Crippen LogP contribution in [0.25, 0.3) is 0 Å². The highest BCUT2D eigenvalue weighted by molar-refractivity contribution is 5.69. The Morgan fingerprint density at radius 1 is 1.29 bits per heavy atom. The Balaban J connectivity index is 2.34. The van der Waals surface area contributed by atoms with Crippen LogP contribution in [0.1, 0.15) is 32.6 Å². The largest absolute Gasteiger partial charge is 0.433 e. The van der Waals surface area contributed by atoms with E-state index in [9.17, 15) is 15.0 Å². The number of rotatable bonds is 6. The van der Waals surface area contributed by atoms with Gasteiger partial charge < -0.3 is 24.8 Å². The maximum absolute atomic E-state index is 11.4. The first kappa shape index (κ1) is 14.4. The van der Waals surface area contributed by atoms with Gasteiger partial charge in [0.2, 0.25) is 6.29 Å². The maximum atomic E-state index is 11.4. The number of aliphatic hydroxyl groups excluding tert-OH is 3. The average molecular weight is 248 g/mol. The highest BCUT2D eigenvalue weighted by Crippen LogP contribution is 2.22. The SMILES string of the molecule is CCCCCC(=O)OC1O[C@H](CO)[C@@H](O)[C@H]1O. The minimum Gasteiger partial charge on any atom is -0.433 e. The van der Waals surface area contributed by atoms with E-state index >= 15 is 0 Å². The second-order valence-corrected chi connectivity index (χ2v) is 4.15. The van der Waals surface area contributed by atoms with E-state index in [1.54, 1.807) is 0 Å². The molecular formula is C11H20O6. The number of aliphatic hydroxyl groups is 3. The Kier molecular flexibility index (Phi) is 5.84. The lowest BCUT2D eigenvalue weighted by Crippen LogP contribution is -2.35. The molecule has 3 N–H and O–H groups in total. The molecule has 1 rings (SSSR count). The molecule has 0 bridgehead atoms. The van der Waals surface area contributed by atoms with Gasteiger partial charge in [0.15, 0.2) is 0 Å². The summed E-state index contributed by atoms with van der Waals surface area (Å²) in [7, 11) is 0. The van der Waals surface area contributed by atoms with Crippen molar-refractivity contribution in [2.45, 2.75) is 57.2 Å². The lowest BCUT2D eigenvalue weighted by atomic mass is 10.1. The molecule has 1 aliphatic heterocycles. The minimum atomic E-state index is -1.30. The summed E-state index contributed by atoms with van der Waals surface area (Å²) in [6, 6.07) is 0. The van der Waals surface area contributed by atoms with Gasteiger partial charge in [0.05, 0.1) is 6.61 Å². The smallest absolute Gasteiger partial charge is 0.308 e. The van der Waals surface area contributed by atoms with Crippen molar-refractivity contribution in [1.82, 2.24) is 0 Å². The van der Waals surface area contributed by atoms with Crippen molar-refractivity contribution in [2.24, 2.45) is 0 Å². The van der Waals surface area contributed by atoms with Gasteiger partial charge in [0.1, 0.15) is 18.3 Å². The molecule has 17 heavy (non-hydrogen) atoms. The summed E-state index contributed by atoms with van der Waals surface area (Å²) < 4.78 is 9.91. The molecular weight excluding hydrogens is 228 g/mol. The van der Waals surface area contributed by atoms with Crippen LogP contribution in [-0.4, -0.2) is 52.5 Å². The molecule has 1 unspecified atom stereocenters. The molecule has 1 aliphatic rings. The van der Waals surface area contributed by atoms with Gasteiger partial charge in [-0.2, -0.15) is 0 Å². The Morgan fingerprint density at radius 2 is 2.00 bits per heavy atom. The molecule has 1 fully saturated rings. The molecule has 100 valence electrons. The third-order valence-electron chi connectivity index (χ3n) is 2.73. The number of carbonyl (C=O) groups is 1. The van der Waals surface area contributed by atoms with E-state index < -0.39 is 37.2 Å². The number of hydrogen-bond donors (Lipinski definition) is 3. The molecule has 6 nitrogen and oxygen atoms in total. The summed E-state index contributed by atoms with van der Waals surface area (Å²) >= 11 is 0. The van der Waals surface area contributed by atoms with E-state index in [0.29, 0.717) is 0 Å². The van der Waals surface area contributed by atoms with Crippen LogP contribution in [0.15, 0.2) is 0 Å². The number of carbonyl (C=O) groups excluding carboxylic acids is 1. The normalized spacial score (nSPS) is 32.7. The van der Waals surface area contributed by atoms with Crippen molar-refractivity contribution in [2.75, 3.05) is 6.61 Å². The quantitative estimate of drug-likeness (QED) is 0.435. The fourth-order valence-electron chi connectivity index (χ4n) is 1.67. The molecule has 0 radical (unpaired) electrons. The first-order valence-corrected chi connectivity index (χ1v) is 5.92. The van der Waals surface area contributed by atoms with Gasteiger partial charge in [-0.25, -0.2) is 0 Å².